The van der Waals surface area contributed by atoms with Crippen molar-refractivity contribution in [2.24, 2.45) is 5.92 Å². The highest BCUT2D eigenvalue weighted by Crippen LogP contribution is 2.29. The van der Waals surface area contributed by atoms with E-state index in [1.807, 2.05) is 6.20 Å². The SMILES string of the molecule is Nc1ncc(CC2CCCC2)s1. The Kier molecular flexibility index (Phi) is 2.30. The van der Waals surface area contributed by atoms with Gasteiger partial charge in [0.15, 0.2) is 5.13 Å². The van der Waals surface area contributed by atoms with Crippen molar-refractivity contribution in [3.05, 3.63) is 11.1 Å². The van der Waals surface area contributed by atoms with Gasteiger partial charge in [-0.15, -0.1) is 11.3 Å². The van der Waals surface area contributed by atoms with E-state index in [0.29, 0.717) is 5.13 Å². The van der Waals surface area contributed by atoms with Gasteiger partial charge in [-0.05, 0) is 12.3 Å². The number of nitrogen functional groups attached to an aromatic ring is 1. The molecule has 3 heteroatoms. The van der Waals surface area contributed by atoms with Crippen LogP contribution in [0.15, 0.2) is 6.20 Å². The molecule has 0 aromatic carbocycles. The van der Waals surface area contributed by atoms with Crippen LogP contribution < -0.4 is 5.73 Å². The lowest BCUT2D eigenvalue weighted by Gasteiger charge is -2.04. The van der Waals surface area contributed by atoms with E-state index in [9.17, 15) is 0 Å². The molecule has 0 amide bonds. The van der Waals surface area contributed by atoms with E-state index < -0.39 is 0 Å². The van der Waals surface area contributed by atoms with Crippen LogP contribution in [0.2, 0.25) is 0 Å². The number of rotatable bonds is 2. The van der Waals surface area contributed by atoms with Crippen LogP contribution in [0.4, 0.5) is 5.13 Å². The third kappa shape index (κ3) is 1.78. The molecule has 2 rings (SSSR count). The molecule has 2 nitrogen and oxygen atoms in total. The lowest BCUT2D eigenvalue weighted by atomic mass is 10.0. The third-order valence-corrected chi connectivity index (χ3v) is 3.38. The Labute approximate surface area is 76.8 Å². The van der Waals surface area contributed by atoms with Crippen molar-refractivity contribution in [3.63, 3.8) is 0 Å². The van der Waals surface area contributed by atoms with Crippen LogP contribution in [-0.2, 0) is 6.42 Å². The third-order valence-electron chi connectivity index (χ3n) is 2.54. The van der Waals surface area contributed by atoms with Gasteiger partial charge in [0, 0.05) is 11.1 Å². The minimum Gasteiger partial charge on any atom is -0.375 e. The molecule has 1 heterocycles. The van der Waals surface area contributed by atoms with Gasteiger partial charge in [-0.2, -0.15) is 0 Å². The summed E-state index contributed by atoms with van der Waals surface area (Å²) in [6.45, 7) is 0. The van der Waals surface area contributed by atoms with Crippen LogP contribution in [0.1, 0.15) is 30.6 Å². The minimum absolute atomic E-state index is 0.711. The highest BCUT2D eigenvalue weighted by atomic mass is 32.1. The smallest absolute Gasteiger partial charge is 0.180 e. The quantitative estimate of drug-likeness (QED) is 0.763. The predicted octanol–water partition coefficient (Wildman–Crippen LogP) is 2.46. The normalized spacial score (nSPS) is 18.7. The summed E-state index contributed by atoms with van der Waals surface area (Å²) >= 11 is 1.64. The molecule has 0 atom stereocenters. The maximum Gasteiger partial charge on any atom is 0.180 e. The van der Waals surface area contributed by atoms with Crippen molar-refractivity contribution < 1.29 is 0 Å². The van der Waals surface area contributed by atoms with Gasteiger partial charge in [0.1, 0.15) is 0 Å². The highest BCUT2D eigenvalue weighted by molar-refractivity contribution is 7.15. The maximum absolute atomic E-state index is 5.56. The maximum atomic E-state index is 5.56. The second-order valence-corrected chi connectivity index (χ2v) is 4.67. The number of nitrogens with two attached hydrogens (primary N) is 1. The molecule has 1 fully saturated rings. The number of thiazole rings is 1. The number of hydrogen-bond donors (Lipinski definition) is 1. The standard InChI is InChI=1S/C9H14N2S/c10-9-11-6-8(12-9)5-7-3-1-2-4-7/h6-7H,1-5H2,(H2,10,11). The van der Waals surface area contributed by atoms with E-state index in [-0.39, 0.29) is 0 Å². The first-order valence-electron chi connectivity index (χ1n) is 4.55. The molecule has 2 N–H and O–H groups in total. The average molecular weight is 182 g/mol. The van der Waals surface area contributed by atoms with E-state index in [1.165, 1.54) is 37.0 Å². The first-order valence-corrected chi connectivity index (χ1v) is 5.36. The van der Waals surface area contributed by atoms with Crippen molar-refractivity contribution in [2.75, 3.05) is 5.73 Å². The minimum atomic E-state index is 0.711. The van der Waals surface area contributed by atoms with Crippen molar-refractivity contribution in [3.8, 4) is 0 Å². The van der Waals surface area contributed by atoms with Crippen molar-refractivity contribution in [1.82, 2.24) is 4.98 Å². The summed E-state index contributed by atoms with van der Waals surface area (Å²) in [4.78, 5) is 5.42. The van der Waals surface area contributed by atoms with Crippen LogP contribution in [-0.4, -0.2) is 4.98 Å². The highest BCUT2D eigenvalue weighted by Gasteiger charge is 2.16. The summed E-state index contributed by atoms with van der Waals surface area (Å²) in [5.74, 6) is 0.907. The van der Waals surface area contributed by atoms with Gasteiger partial charge >= 0.3 is 0 Å². The number of nitrogens with zero attached hydrogens (tertiary/aromatic N) is 1. The summed E-state index contributed by atoms with van der Waals surface area (Å²) < 4.78 is 0. The fourth-order valence-electron chi connectivity index (χ4n) is 1.92. The van der Waals surface area contributed by atoms with Crippen LogP contribution in [0.5, 0.6) is 0 Å². The monoisotopic (exact) mass is 182 g/mol. The molecule has 1 aliphatic rings. The van der Waals surface area contributed by atoms with Gasteiger partial charge in [-0.25, -0.2) is 4.98 Å². The van der Waals surface area contributed by atoms with E-state index >= 15 is 0 Å². The molecular weight excluding hydrogens is 168 g/mol. The predicted molar refractivity (Wildman–Crippen MR) is 52.2 cm³/mol. The molecule has 0 spiro atoms. The summed E-state index contributed by atoms with van der Waals surface area (Å²) in [5, 5.41) is 0.711. The Morgan fingerprint density at radius 3 is 2.83 bits per heavy atom. The number of anilines is 1. The first-order chi connectivity index (χ1) is 5.84. The van der Waals surface area contributed by atoms with Crippen LogP contribution in [0, 0.1) is 5.92 Å². The Morgan fingerprint density at radius 1 is 1.50 bits per heavy atom. The lowest BCUT2D eigenvalue weighted by Crippen LogP contribution is -1.95. The topological polar surface area (TPSA) is 38.9 Å². The Hall–Kier alpha value is -0.570. The summed E-state index contributed by atoms with van der Waals surface area (Å²) in [7, 11) is 0. The van der Waals surface area contributed by atoms with Crippen molar-refractivity contribution in [1.29, 1.82) is 0 Å². The molecule has 0 bridgehead atoms. The second-order valence-electron chi connectivity index (χ2n) is 3.52. The summed E-state index contributed by atoms with van der Waals surface area (Å²) in [5.41, 5.74) is 5.56. The Bertz CT molecular complexity index is 251. The van der Waals surface area contributed by atoms with Crippen LogP contribution >= 0.6 is 11.3 Å². The van der Waals surface area contributed by atoms with E-state index in [0.717, 1.165) is 5.92 Å². The number of hydrogen-bond acceptors (Lipinski definition) is 3. The van der Waals surface area contributed by atoms with E-state index in [2.05, 4.69) is 4.98 Å². The van der Waals surface area contributed by atoms with E-state index in [4.69, 9.17) is 5.73 Å². The molecular formula is C9H14N2S. The molecule has 0 radical (unpaired) electrons. The first kappa shape index (κ1) is 8.05. The number of aromatic nitrogens is 1. The molecule has 1 aromatic rings. The summed E-state index contributed by atoms with van der Waals surface area (Å²) in [6.07, 6.45) is 8.76. The van der Waals surface area contributed by atoms with Crippen LogP contribution in [0.25, 0.3) is 0 Å². The van der Waals surface area contributed by atoms with Gasteiger partial charge in [0.05, 0.1) is 0 Å². The Balaban J connectivity index is 1.94. The lowest BCUT2D eigenvalue weighted by molar-refractivity contribution is 0.550. The van der Waals surface area contributed by atoms with Gasteiger partial charge in [-0.1, -0.05) is 25.7 Å². The van der Waals surface area contributed by atoms with Gasteiger partial charge < -0.3 is 5.73 Å². The van der Waals surface area contributed by atoms with Gasteiger partial charge in [0.2, 0.25) is 0 Å². The molecule has 1 aromatic heterocycles. The molecule has 12 heavy (non-hydrogen) atoms. The zero-order chi connectivity index (χ0) is 8.39. The molecule has 0 aliphatic heterocycles. The average Bonchev–Trinajstić information content (AvgIpc) is 2.63. The molecule has 1 saturated carbocycles. The fourth-order valence-corrected chi connectivity index (χ4v) is 2.71. The second kappa shape index (κ2) is 3.44. The zero-order valence-corrected chi connectivity index (χ0v) is 7.94. The van der Waals surface area contributed by atoms with Gasteiger partial charge in [0.25, 0.3) is 0 Å². The Morgan fingerprint density at radius 2 is 2.25 bits per heavy atom. The summed E-state index contributed by atoms with van der Waals surface area (Å²) in [6, 6.07) is 0. The van der Waals surface area contributed by atoms with Gasteiger partial charge in [-0.3, -0.25) is 0 Å². The van der Waals surface area contributed by atoms with E-state index in [1.54, 1.807) is 11.3 Å². The fraction of sp³-hybridized carbons (Fsp3) is 0.667. The zero-order valence-electron chi connectivity index (χ0n) is 7.12. The molecule has 1 aliphatic carbocycles. The molecule has 0 saturated heterocycles. The van der Waals surface area contributed by atoms with Crippen molar-refractivity contribution in [2.45, 2.75) is 32.1 Å². The van der Waals surface area contributed by atoms with Crippen molar-refractivity contribution >= 4 is 16.5 Å². The van der Waals surface area contributed by atoms with Crippen LogP contribution in [0.3, 0.4) is 0 Å². The largest absolute Gasteiger partial charge is 0.375 e. The molecule has 0 unspecified atom stereocenters. The molecule has 66 valence electrons.